The predicted octanol–water partition coefficient (Wildman–Crippen LogP) is 3.41. The molecule has 1 N–H and O–H groups in total. The first-order valence-corrected chi connectivity index (χ1v) is 5.41. The Balaban J connectivity index is 3.00. The van der Waals surface area contributed by atoms with Gasteiger partial charge < -0.3 is 5.32 Å². The van der Waals surface area contributed by atoms with E-state index in [-0.39, 0.29) is 5.91 Å². The Morgan fingerprint density at radius 1 is 1.36 bits per heavy atom. The molecule has 0 unspecified atom stereocenters. The van der Waals surface area contributed by atoms with E-state index in [1.807, 2.05) is 32.9 Å². The molecule has 2 nitrogen and oxygen atoms in total. The highest BCUT2D eigenvalue weighted by atomic mass is 79.9. The lowest BCUT2D eigenvalue weighted by molar-refractivity contribution is -0.115. The molecular formula is C11H14BrNO. The fraction of sp³-hybridized carbons (Fsp3) is 0.364. The summed E-state index contributed by atoms with van der Waals surface area (Å²) in [5.41, 5.74) is 3.18. The molecule has 76 valence electrons. The van der Waals surface area contributed by atoms with Crippen molar-refractivity contribution in [3.8, 4) is 0 Å². The zero-order chi connectivity index (χ0) is 10.7. The normalized spacial score (nSPS) is 10.0. The van der Waals surface area contributed by atoms with Gasteiger partial charge in [-0.3, -0.25) is 4.79 Å². The van der Waals surface area contributed by atoms with Gasteiger partial charge in [-0.1, -0.05) is 22.9 Å². The molecular weight excluding hydrogens is 242 g/mol. The van der Waals surface area contributed by atoms with Gasteiger partial charge in [-0.05, 0) is 37.1 Å². The standard InChI is InChI=1S/C11H14BrNO/c1-4-11(14)13-10-6-5-9(12)7(2)8(10)3/h5-6H,4H2,1-3H3,(H,13,14). The molecule has 1 rings (SSSR count). The molecule has 3 heteroatoms. The van der Waals surface area contributed by atoms with Crippen molar-refractivity contribution in [2.75, 3.05) is 5.32 Å². The summed E-state index contributed by atoms with van der Waals surface area (Å²) in [4.78, 5) is 11.2. The Hall–Kier alpha value is -0.830. The molecule has 0 fully saturated rings. The molecule has 0 saturated carbocycles. The molecule has 1 amide bonds. The fourth-order valence-corrected chi connectivity index (χ4v) is 1.59. The third kappa shape index (κ3) is 2.35. The summed E-state index contributed by atoms with van der Waals surface area (Å²) in [6.07, 6.45) is 0.508. The number of benzene rings is 1. The van der Waals surface area contributed by atoms with Crippen LogP contribution in [0.15, 0.2) is 16.6 Å². The number of hydrogen-bond acceptors (Lipinski definition) is 1. The van der Waals surface area contributed by atoms with E-state index in [2.05, 4.69) is 21.2 Å². The maximum absolute atomic E-state index is 11.2. The van der Waals surface area contributed by atoms with Crippen molar-refractivity contribution in [2.24, 2.45) is 0 Å². The van der Waals surface area contributed by atoms with Crippen molar-refractivity contribution >= 4 is 27.5 Å². The number of amides is 1. The lowest BCUT2D eigenvalue weighted by Crippen LogP contribution is -2.10. The van der Waals surface area contributed by atoms with E-state index >= 15 is 0 Å². The van der Waals surface area contributed by atoms with Crippen LogP contribution in [-0.4, -0.2) is 5.91 Å². The first-order valence-electron chi connectivity index (χ1n) is 4.61. The van der Waals surface area contributed by atoms with E-state index in [0.717, 1.165) is 15.7 Å². The minimum absolute atomic E-state index is 0.0508. The maximum atomic E-state index is 11.2. The summed E-state index contributed by atoms with van der Waals surface area (Å²) >= 11 is 3.45. The molecule has 0 spiro atoms. The maximum Gasteiger partial charge on any atom is 0.224 e. The van der Waals surface area contributed by atoms with Crippen LogP contribution in [0.3, 0.4) is 0 Å². The lowest BCUT2D eigenvalue weighted by Gasteiger charge is -2.10. The number of carbonyl (C=O) groups is 1. The molecule has 0 aliphatic rings. The minimum atomic E-state index is 0.0508. The van der Waals surface area contributed by atoms with Gasteiger partial charge in [0.1, 0.15) is 0 Å². The molecule has 14 heavy (non-hydrogen) atoms. The van der Waals surface area contributed by atoms with E-state index in [1.165, 1.54) is 5.56 Å². The van der Waals surface area contributed by atoms with Gasteiger partial charge in [0.15, 0.2) is 0 Å². The SMILES string of the molecule is CCC(=O)Nc1ccc(Br)c(C)c1C. The smallest absolute Gasteiger partial charge is 0.224 e. The molecule has 0 aliphatic carbocycles. The molecule has 1 aromatic carbocycles. The molecule has 0 aromatic heterocycles. The summed E-state index contributed by atoms with van der Waals surface area (Å²) in [7, 11) is 0. The fourth-order valence-electron chi connectivity index (χ4n) is 1.16. The van der Waals surface area contributed by atoms with Crippen LogP contribution in [0.5, 0.6) is 0 Å². The van der Waals surface area contributed by atoms with Gasteiger partial charge in [-0.15, -0.1) is 0 Å². The second-order valence-corrected chi connectivity index (χ2v) is 4.10. The third-order valence-electron chi connectivity index (χ3n) is 2.32. The molecule has 0 aliphatic heterocycles. The number of halogens is 1. The topological polar surface area (TPSA) is 29.1 Å². The number of hydrogen-bond donors (Lipinski definition) is 1. The minimum Gasteiger partial charge on any atom is -0.326 e. The molecule has 0 radical (unpaired) electrons. The molecule has 0 atom stereocenters. The highest BCUT2D eigenvalue weighted by Gasteiger charge is 2.06. The Bertz CT molecular complexity index is 361. The van der Waals surface area contributed by atoms with Crippen LogP contribution < -0.4 is 5.32 Å². The monoisotopic (exact) mass is 255 g/mol. The quantitative estimate of drug-likeness (QED) is 0.863. The van der Waals surface area contributed by atoms with Crippen LogP contribution >= 0.6 is 15.9 Å². The lowest BCUT2D eigenvalue weighted by atomic mass is 10.1. The van der Waals surface area contributed by atoms with E-state index in [9.17, 15) is 4.79 Å². The van der Waals surface area contributed by atoms with Gasteiger partial charge in [0, 0.05) is 16.6 Å². The largest absolute Gasteiger partial charge is 0.326 e. The van der Waals surface area contributed by atoms with Crippen molar-refractivity contribution in [3.63, 3.8) is 0 Å². The average Bonchev–Trinajstić information content (AvgIpc) is 2.19. The zero-order valence-corrected chi connectivity index (χ0v) is 10.2. The Kier molecular flexibility index (Phi) is 3.69. The summed E-state index contributed by atoms with van der Waals surface area (Å²) in [5, 5.41) is 2.87. The first kappa shape index (κ1) is 11.2. The third-order valence-corrected chi connectivity index (χ3v) is 3.18. The van der Waals surface area contributed by atoms with E-state index in [0.29, 0.717) is 6.42 Å². The van der Waals surface area contributed by atoms with Crippen LogP contribution in [0.1, 0.15) is 24.5 Å². The summed E-state index contributed by atoms with van der Waals surface area (Å²) in [6.45, 7) is 5.88. The number of rotatable bonds is 2. The molecule has 0 saturated heterocycles. The Morgan fingerprint density at radius 2 is 2.00 bits per heavy atom. The van der Waals surface area contributed by atoms with Crippen molar-refractivity contribution in [1.82, 2.24) is 0 Å². The second-order valence-electron chi connectivity index (χ2n) is 3.25. The van der Waals surface area contributed by atoms with Crippen LogP contribution in [0, 0.1) is 13.8 Å². The molecule has 0 bridgehead atoms. The van der Waals surface area contributed by atoms with E-state index in [4.69, 9.17) is 0 Å². The number of carbonyl (C=O) groups excluding carboxylic acids is 1. The van der Waals surface area contributed by atoms with E-state index < -0.39 is 0 Å². The van der Waals surface area contributed by atoms with Crippen molar-refractivity contribution in [1.29, 1.82) is 0 Å². The van der Waals surface area contributed by atoms with Gasteiger partial charge in [0.25, 0.3) is 0 Å². The Morgan fingerprint density at radius 3 is 2.57 bits per heavy atom. The Labute approximate surface area is 92.8 Å². The van der Waals surface area contributed by atoms with E-state index in [1.54, 1.807) is 0 Å². The summed E-state index contributed by atoms with van der Waals surface area (Å²) < 4.78 is 1.07. The molecule has 1 aromatic rings. The summed E-state index contributed by atoms with van der Waals surface area (Å²) in [6, 6.07) is 3.87. The van der Waals surface area contributed by atoms with Crippen molar-refractivity contribution < 1.29 is 4.79 Å². The van der Waals surface area contributed by atoms with Gasteiger partial charge >= 0.3 is 0 Å². The summed E-state index contributed by atoms with van der Waals surface area (Å²) in [5.74, 6) is 0.0508. The predicted molar refractivity (Wildman–Crippen MR) is 62.5 cm³/mol. The van der Waals surface area contributed by atoms with Crippen molar-refractivity contribution in [2.45, 2.75) is 27.2 Å². The van der Waals surface area contributed by atoms with Gasteiger partial charge in [0.2, 0.25) is 5.91 Å². The first-order chi connectivity index (χ1) is 6.56. The highest BCUT2D eigenvalue weighted by Crippen LogP contribution is 2.25. The second kappa shape index (κ2) is 4.60. The number of anilines is 1. The van der Waals surface area contributed by atoms with Crippen LogP contribution in [0.2, 0.25) is 0 Å². The van der Waals surface area contributed by atoms with Crippen molar-refractivity contribution in [3.05, 3.63) is 27.7 Å². The van der Waals surface area contributed by atoms with Gasteiger partial charge in [-0.25, -0.2) is 0 Å². The number of nitrogens with one attached hydrogen (secondary N) is 1. The van der Waals surface area contributed by atoms with Crippen LogP contribution in [0.25, 0.3) is 0 Å². The highest BCUT2D eigenvalue weighted by molar-refractivity contribution is 9.10. The van der Waals surface area contributed by atoms with Gasteiger partial charge in [-0.2, -0.15) is 0 Å². The van der Waals surface area contributed by atoms with Crippen LogP contribution in [0.4, 0.5) is 5.69 Å². The molecule has 0 heterocycles. The van der Waals surface area contributed by atoms with Crippen LogP contribution in [-0.2, 0) is 4.79 Å². The average molecular weight is 256 g/mol. The zero-order valence-electron chi connectivity index (χ0n) is 8.65. The van der Waals surface area contributed by atoms with Gasteiger partial charge in [0.05, 0.1) is 0 Å².